The van der Waals surface area contributed by atoms with E-state index in [1.165, 1.54) is 17.7 Å². The summed E-state index contributed by atoms with van der Waals surface area (Å²) in [5, 5.41) is 10.8. The summed E-state index contributed by atoms with van der Waals surface area (Å²) in [6.45, 7) is 4.82. The van der Waals surface area contributed by atoms with E-state index in [2.05, 4.69) is 15.6 Å². The van der Waals surface area contributed by atoms with E-state index in [-0.39, 0.29) is 5.56 Å². The number of halogens is 3. The molecule has 2 aromatic rings. The second kappa shape index (κ2) is 6.26. The van der Waals surface area contributed by atoms with Gasteiger partial charge in [-0.05, 0) is 37.6 Å². The molecule has 0 fully saturated rings. The van der Waals surface area contributed by atoms with E-state index < -0.39 is 11.7 Å². The molecule has 0 aliphatic heterocycles. The molecule has 0 aliphatic rings. The predicted molar refractivity (Wildman–Crippen MR) is 73.1 cm³/mol. The van der Waals surface area contributed by atoms with Gasteiger partial charge in [-0.1, -0.05) is 18.2 Å². The Morgan fingerprint density at radius 1 is 1.29 bits per heavy atom. The summed E-state index contributed by atoms with van der Waals surface area (Å²) in [7, 11) is 0. The molecule has 0 saturated heterocycles. The lowest BCUT2D eigenvalue weighted by molar-refractivity contribution is -0.138. The minimum Gasteiger partial charge on any atom is -0.311 e. The topological polar surface area (TPSA) is 42.7 Å². The Kier molecular flexibility index (Phi) is 4.62. The Balaban J connectivity index is 2.33. The lowest BCUT2D eigenvalue weighted by Gasteiger charge is -2.13. The van der Waals surface area contributed by atoms with Crippen LogP contribution >= 0.6 is 0 Å². The van der Waals surface area contributed by atoms with Crippen molar-refractivity contribution in [2.75, 3.05) is 6.54 Å². The fourth-order valence-electron chi connectivity index (χ4n) is 2.03. The van der Waals surface area contributed by atoms with Gasteiger partial charge >= 0.3 is 6.18 Å². The quantitative estimate of drug-likeness (QED) is 0.863. The SMILES string of the molecule is CCCNCc1cnnn1-c1ccc(C)c(C(F)(F)F)c1. The van der Waals surface area contributed by atoms with Gasteiger partial charge in [0.25, 0.3) is 0 Å². The third-order valence-electron chi connectivity index (χ3n) is 3.12. The smallest absolute Gasteiger partial charge is 0.311 e. The molecular weight excluding hydrogens is 281 g/mol. The molecule has 21 heavy (non-hydrogen) atoms. The molecule has 1 N–H and O–H groups in total. The third kappa shape index (κ3) is 3.60. The van der Waals surface area contributed by atoms with Gasteiger partial charge in [0, 0.05) is 6.54 Å². The van der Waals surface area contributed by atoms with Crippen LogP contribution in [0.5, 0.6) is 0 Å². The minimum atomic E-state index is -4.37. The summed E-state index contributed by atoms with van der Waals surface area (Å²) in [5.41, 5.74) is 0.624. The predicted octanol–water partition coefficient (Wildman–Crippen LogP) is 3.09. The first-order valence-corrected chi connectivity index (χ1v) is 6.72. The molecule has 1 heterocycles. The molecule has 0 spiro atoms. The first-order valence-electron chi connectivity index (χ1n) is 6.72. The zero-order valence-corrected chi connectivity index (χ0v) is 11.9. The van der Waals surface area contributed by atoms with E-state index >= 15 is 0 Å². The lowest BCUT2D eigenvalue weighted by atomic mass is 10.1. The van der Waals surface area contributed by atoms with Crippen molar-refractivity contribution in [3.8, 4) is 5.69 Å². The second-order valence-electron chi connectivity index (χ2n) is 4.81. The summed E-state index contributed by atoms with van der Waals surface area (Å²) < 4.78 is 40.3. The number of rotatable bonds is 5. The first kappa shape index (κ1) is 15.5. The molecule has 0 bridgehead atoms. The van der Waals surface area contributed by atoms with Gasteiger partial charge in [-0.15, -0.1) is 5.10 Å². The van der Waals surface area contributed by atoms with Crippen molar-refractivity contribution >= 4 is 0 Å². The van der Waals surface area contributed by atoms with Crippen molar-refractivity contribution in [3.05, 3.63) is 41.2 Å². The lowest BCUT2D eigenvalue weighted by Crippen LogP contribution is -2.17. The third-order valence-corrected chi connectivity index (χ3v) is 3.12. The van der Waals surface area contributed by atoms with Crippen LogP contribution < -0.4 is 5.32 Å². The van der Waals surface area contributed by atoms with Crippen LogP contribution in [-0.4, -0.2) is 21.5 Å². The van der Waals surface area contributed by atoms with Crippen LogP contribution in [0.25, 0.3) is 5.69 Å². The molecule has 0 saturated carbocycles. The maximum Gasteiger partial charge on any atom is 0.416 e. The largest absolute Gasteiger partial charge is 0.416 e. The zero-order chi connectivity index (χ0) is 15.5. The average Bonchev–Trinajstić information content (AvgIpc) is 2.87. The molecule has 0 aliphatic carbocycles. The standard InChI is InChI=1S/C14H17F3N4/c1-3-6-18-8-12-9-19-20-21(12)11-5-4-10(2)13(7-11)14(15,16)17/h4-5,7,9,18H,3,6,8H2,1-2H3. The van der Waals surface area contributed by atoms with E-state index in [0.29, 0.717) is 12.2 Å². The Labute approximate surface area is 121 Å². The summed E-state index contributed by atoms with van der Waals surface area (Å²) in [4.78, 5) is 0. The van der Waals surface area contributed by atoms with Gasteiger partial charge < -0.3 is 5.32 Å². The van der Waals surface area contributed by atoms with E-state index in [1.54, 1.807) is 12.3 Å². The van der Waals surface area contributed by atoms with Crippen molar-refractivity contribution < 1.29 is 13.2 Å². The van der Waals surface area contributed by atoms with Crippen LogP contribution in [0.15, 0.2) is 24.4 Å². The van der Waals surface area contributed by atoms with Gasteiger partial charge in [0.1, 0.15) is 0 Å². The van der Waals surface area contributed by atoms with Crippen LogP contribution in [0, 0.1) is 6.92 Å². The first-order chi connectivity index (χ1) is 9.93. The Bertz CT molecular complexity index is 605. The zero-order valence-electron chi connectivity index (χ0n) is 11.9. The highest BCUT2D eigenvalue weighted by molar-refractivity contribution is 5.41. The van der Waals surface area contributed by atoms with Gasteiger partial charge in [-0.25, -0.2) is 4.68 Å². The molecule has 0 radical (unpaired) electrons. The Morgan fingerprint density at radius 3 is 2.71 bits per heavy atom. The molecule has 2 rings (SSSR count). The molecule has 7 heteroatoms. The maximum absolute atomic E-state index is 13.0. The Morgan fingerprint density at radius 2 is 2.05 bits per heavy atom. The van der Waals surface area contributed by atoms with Crippen molar-refractivity contribution in [1.29, 1.82) is 0 Å². The van der Waals surface area contributed by atoms with Crippen LogP contribution in [0.4, 0.5) is 13.2 Å². The van der Waals surface area contributed by atoms with Crippen LogP contribution in [0.3, 0.4) is 0 Å². The molecule has 0 unspecified atom stereocenters. The van der Waals surface area contributed by atoms with Crippen molar-refractivity contribution in [2.45, 2.75) is 33.0 Å². The van der Waals surface area contributed by atoms with Gasteiger partial charge in [0.2, 0.25) is 0 Å². The molecule has 1 aromatic carbocycles. The van der Waals surface area contributed by atoms with E-state index in [0.717, 1.165) is 24.7 Å². The number of nitrogens with one attached hydrogen (secondary N) is 1. The summed E-state index contributed by atoms with van der Waals surface area (Å²) in [6, 6.07) is 4.17. The molecular formula is C14H17F3N4. The summed E-state index contributed by atoms with van der Waals surface area (Å²) >= 11 is 0. The molecule has 1 aromatic heterocycles. The summed E-state index contributed by atoms with van der Waals surface area (Å²) in [6.07, 6.45) is -1.85. The normalized spacial score (nSPS) is 11.9. The highest BCUT2D eigenvalue weighted by Crippen LogP contribution is 2.33. The van der Waals surface area contributed by atoms with Gasteiger partial charge in [-0.3, -0.25) is 0 Å². The van der Waals surface area contributed by atoms with E-state index in [1.807, 2.05) is 6.92 Å². The van der Waals surface area contributed by atoms with Crippen molar-refractivity contribution in [3.63, 3.8) is 0 Å². The average molecular weight is 298 g/mol. The van der Waals surface area contributed by atoms with Gasteiger partial charge in [-0.2, -0.15) is 13.2 Å². The molecule has 4 nitrogen and oxygen atoms in total. The maximum atomic E-state index is 13.0. The highest BCUT2D eigenvalue weighted by Gasteiger charge is 2.32. The second-order valence-corrected chi connectivity index (χ2v) is 4.81. The fraction of sp³-hybridized carbons (Fsp3) is 0.429. The van der Waals surface area contributed by atoms with Crippen LogP contribution in [0.2, 0.25) is 0 Å². The summed E-state index contributed by atoms with van der Waals surface area (Å²) in [5.74, 6) is 0. The van der Waals surface area contributed by atoms with Crippen molar-refractivity contribution in [1.82, 2.24) is 20.3 Å². The van der Waals surface area contributed by atoms with Gasteiger partial charge in [0.05, 0.1) is 23.1 Å². The molecule has 0 amide bonds. The monoisotopic (exact) mass is 298 g/mol. The van der Waals surface area contributed by atoms with Crippen molar-refractivity contribution in [2.24, 2.45) is 0 Å². The number of aryl methyl sites for hydroxylation is 1. The number of aromatic nitrogens is 3. The van der Waals surface area contributed by atoms with Crippen LogP contribution in [0.1, 0.15) is 30.2 Å². The van der Waals surface area contributed by atoms with E-state index in [9.17, 15) is 13.2 Å². The number of benzene rings is 1. The Hall–Kier alpha value is -1.89. The number of nitrogens with zero attached hydrogens (tertiary/aromatic N) is 3. The van der Waals surface area contributed by atoms with E-state index in [4.69, 9.17) is 0 Å². The number of alkyl halides is 3. The number of hydrogen-bond donors (Lipinski definition) is 1. The molecule has 0 atom stereocenters. The molecule has 114 valence electrons. The minimum absolute atomic E-state index is 0.192. The fourth-order valence-corrected chi connectivity index (χ4v) is 2.03. The van der Waals surface area contributed by atoms with Crippen LogP contribution in [-0.2, 0) is 12.7 Å². The highest BCUT2D eigenvalue weighted by atomic mass is 19.4. The van der Waals surface area contributed by atoms with Gasteiger partial charge in [0.15, 0.2) is 0 Å². The number of hydrogen-bond acceptors (Lipinski definition) is 3.